The highest BCUT2D eigenvalue weighted by atomic mass is 35.5. The normalized spacial score (nSPS) is 11.0. The second-order valence-electron chi connectivity index (χ2n) is 7.63. The fourth-order valence-corrected chi connectivity index (χ4v) is 4.07. The topological polar surface area (TPSA) is 89.4 Å². The molecule has 0 radical (unpaired) electrons. The minimum absolute atomic E-state index is 0.0716. The molecule has 0 aliphatic heterocycles. The number of H-pyrrole nitrogens is 1. The number of hydrogen-bond acceptors (Lipinski definition) is 5. The van der Waals surface area contributed by atoms with Gasteiger partial charge in [-0.05, 0) is 48.7 Å². The van der Waals surface area contributed by atoms with E-state index in [0.29, 0.717) is 23.0 Å². The van der Waals surface area contributed by atoms with Crippen LogP contribution < -0.4 is 20.5 Å². The maximum Gasteiger partial charge on any atom is 0.267 e. The zero-order valence-corrected chi connectivity index (χ0v) is 21.0. The maximum atomic E-state index is 15.2. The van der Waals surface area contributed by atoms with Crippen LogP contribution >= 0.6 is 35.0 Å². The van der Waals surface area contributed by atoms with E-state index in [4.69, 9.17) is 38.4 Å². The van der Waals surface area contributed by atoms with Crippen molar-refractivity contribution in [2.24, 2.45) is 0 Å². The van der Waals surface area contributed by atoms with Gasteiger partial charge in [-0.2, -0.15) is 11.8 Å². The van der Waals surface area contributed by atoms with Crippen LogP contribution in [0.15, 0.2) is 54.6 Å². The molecule has 182 valence electrons. The first-order valence-corrected chi connectivity index (χ1v) is 12.7. The van der Waals surface area contributed by atoms with Crippen LogP contribution in [-0.4, -0.2) is 29.5 Å². The number of hydrogen-bond donors (Lipinski definition) is 3. The smallest absolute Gasteiger partial charge is 0.267 e. The molecule has 6 nitrogen and oxygen atoms in total. The molecule has 0 unspecified atom stereocenters. The Morgan fingerprint density at radius 3 is 2.71 bits per heavy atom. The van der Waals surface area contributed by atoms with Gasteiger partial charge < -0.3 is 25.5 Å². The molecule has 4 N–H and O–H groups in total. The summed E-state index contributed by atoms with van der Waals surface area (Å²) in [5, 5.41) is 3.97. The van der Waals surface area contributed by atoms with E-state index in [9.17, 15) is 4.79 Å². The van der Waals surface area contributed by atoms with Crippen LogP contribution in [0.4, 0.5) is 10.1 Å². The number of benzene rings is 3. The van der Waals surface area contributed by atoms with Gasteiger partial charge in [0.15, 0.2) is 11.6 Å². The molecule has 1 aromatic heterocycles. The molecule has 0 saturated carbocycles. The number of anilines is 1. The third kappa shape index (κ3) is 6.14. The maximum absolute atomic E-state index is 15.2. The monoisotopic (exact) mass is 533 g/mol. The molecular formula is C25H22Cl2FN3O3S. The van der Waals surface area contributed by atoms with E-state index in [1.807, 2.05) is 24.5 Å². The summed E-state index contributed by atoms with van der Waals surface area (Å²) in [6.07, 6.45) is 2.02. The van der Waals surface area contributed by atoms with Crippen LogP contribution in [0.25, 0.3) is 10.9 Å². The molecule has 0 fully saturated rings. The van der Waals surface area contributed by atoms with Gasteiger partial charge >= 0.3 is 0 Å². The largest absolute Gasteiger partial charge is 0.493 e. The highest BCUT2D eigenvalue weighted by molar-refractivity contribution is 7.98. The number of thioether (sulfide) groups is 1. The third-order valence-electron chi connectivity index (χ3n) is 5.07. The molecule has 35 heavy (non-hydrogen) atoms. The molecule has 0 bridgehead atoms. The average molecular weight is 534 g/mol. The number of nitrogens with two attached hydrogens (primary N) is 1. The number of rotatable bonds is 9. The Bertz CT molecular complexity index is 1360. The van der Waals surface area contributed by atoms with E-state index in [1.165, 1.54) is 24.3 Å². The van der Waals surface area contributed by atoms with Crippen LogP contribution in [0.2, 0.25) is 10.0 Å². The Morgan fingerprint density at radius 1 is 1.11 bits per heavy atom. The summed E-state index contributed by atoms with van der Waals surface area (Å²) < 4.78 is 26.5. The zero-order valence-electron chi connectivity index (χ0n) is 18.7. The van der Waals surface area contributed by atoms with E-state index < -0.39 is 5.82 Å². The third-order valence-corrected chi connectivity index (χ3v) is 6.17. The lowest BCUT2D eigenvalue weighted by Crippen LogP contribution is -2.23. The number of ether oxygens (including phenoxy) is 2. The minimum atomic E-state index is -0.694. The van der Waals surface area contributed by atoms with Crippen LogP contribution in [0, 0.1) is 5.82 Å². The Kier molecular flexibility index (Phi) is 7.95. The van der Waals surface area contributed by atoms with Crippen LogP contribution in [0.5, 0.6) is 17.2 Å². The number of halogens is 3. The molecule has 0 atom stereocenters. The molecular weight excluding hydrogens is 512 g/mol. The number of carbonyl (C=O) groups is 1. The highest BCUT2D eigenvalue weighted by Gasteiger charge is 2.17. The molecule has 0 aliphatic carbocycles. The molecule has 10 heteroatoms. The van der Waals surface area contributed by atoms with E-state index >= 15 is 4.39 Å². The highest BCUT2D eigenvalue weighted by Crippen LogP contribution is 2.35. The van der Waals surface area contributed by atoms with Gasteiger partial charge in [-0.25, -0.2) is 4.39 Å². The molecule has 0 aliphatic rings. The number of aromatic amines is 1. The predicted molar refractivity (Wildman–Crippen MR) is 141 cm³/mol. The molecule has 1 heterocycles. The van der Waals surface area contributed by atoms with Crippen molar-refractivity contribution in [2.45, 2.75) is 6.54 Å². The fraction of sp³-hybridized carbons (Fsp3) is 0.160. The first-order chi connectivity index (χ1) is 16.8. The van der Waals surface area contributed by atoms with Crippen molar-refractivity contribution < 1.29 is 18.7 Å². The van der Waals surface area contributed by atoms with Crippen molar-refractivity contribution in [1.82, 2.24) is 10.3 Å². The SMILES string of the molecule is CSCCOc1ccc2[nH]c(C(=O)NCc3ccc(Cl)c(Oc4cc(N)cc(Cl)c4)c3F)cc2c1. The van der Waals surface area contributed by atoms with Gasteiger partial charge in [0.2, 0.25) is 0 Å². The molecule has 1 amide bonds. The number of amides is 1. The Balaban J connectivity index is 1.46. The van der Waals surface area contributed by atoms with Crippen molar-refractivity contribution in [2.75, 3.05) is 24.3 Å². The van der Waals surface area contributed by atoms with Gasteiger partial charge in [0.05, 0.1) is 11.6 Å². The fourth-order valence-electron chi connectivity index (χ4n) is 3.40. The van der Waals surface area contributed by atoms with Crippen molar-refractivity contribution in [3.8, 4) is 17.2 Å². The second-order valence-corrected chi connectivity index (χ2v) is 9.46. The minimum Gasteiger partial charge on any atom is -0.493 e. The summed E-state index contributed by atoms with van der Waals surface area (Å²) in [5.74, 6) is 0.604. The second kappa shape index (κ2) is 11.1. The van der Waals surface area contributed by atoms with Gasteiger partial charge in [-0.15, -0.1) is 0 Å². The van der Waals surface area contributed by atoms with E-state index in [1.54, 1.807) is 23.9 Å². The van der Waals surface area contributed by atoms with Gasteiger partial charge in [-0.1, -0.05) is 29.3 Å². The van der Waals surface area contributed by atoms with Crippen molar-refractivity contribution >= 4 is 57.5 Å². The van der Waals surface area contributed by atoms with E-state index in [-0.39, 0.29) is 34.5 Å². The van der Waals surface area contributed by atoms with Gasteiger partial charge in [-0.3, -0.25) is 4.79 Å². The molecule has 4 rings (SSSR count). The average Bonchev–Trinajstić information content (AvgIpc) is 3.24. The number of fused-ring (bicyclic) bond motifs is 1. The van der Waals surface area contributed by atoms with Crippen LogP contribution in [-0.2, 0) is 6.54 Å². The molecule has 3 aromatic carbocycles. The Labute approximate surface area is 215 Å². The number of nitrogens with one attached hydrogen (secondary N) is 2. The summed E-state index contributed by atoms with van der Waals surface area (Å²) >= 11 is 13.8. The van der Waals surface area contributed by atoms with Crippen molar-refractivity contribution in [1.29, 1.82) is 0 Å². The van der Waals surface area contributed by atoms with Crippen molar-refractivity contribution in [3.63, 3.8) is 0 Å². The first-order valence-electron chi connectivity index (χ1n) is 10.6. The number of carbonyl (C=O) groups excluding carboxylic acids is 1. The standard InChI is InChI=1S/C25H22Cl2FN3O3S/c1-35-7-6-33-18-3-5-21-15(8-18)9-22(31-21)25(32)30-13-14-2-4-20(27)24(23(14)28)34-19-11-16(26)10-17(29)12-19/h2-5,8-12,31H,6-7,13,29H2,1H3,(H,30,32). The molecule has 4 aromatic rings. The lowest BCUT2D eigenvalue weighted by atomic mass is 10.2. The Hall–Kier alpha value is -3.07. The van der Waals surface area contributed by atoms with Crippen LogP contribution in [0.3, 0.4) is 0 Å². The van der Waals surface area contributed by atoms with Crippen LogP contribution in [0.1, 0.15) is 16.1 Å². The summed E-state index contributed by atoms with van der Waals surface area (Å²) in [5.41, 5.74) is 7.48. The quantitative estimate of drug-likeness (QED) is 0.165. The van der Waals surface area contributed by atoms with Gasteiger partial charge in [0.1, 0.15) is 17.2 Å². The summed E-state index contributed by atoms with van der Waals surface area (Å²) in [6.45, 7) is 0.530. The summed E-state index contributed by atoms with van der Waals surface area (Å²) in [4.78, 5) is 15.8. The molecule has 0 spiro atoms. The van der Waals surface area contributed by atoms with Gasteiger partial charge in [0, 0.05) is 45.5 Å². The van der Waals surface area contributed by atoms with E-state index in [0.717, 1.165) is 22.4 Å². The lowest BCUT2D eigenvalue weighted by molar-refractivity contribution is 0.0946. The summed E-state index contributed by atoms with van der Waals surface area (Å²) in [6, 6.07) is 14.8. The predicted octanol–water partition coefficient (Wildman–Crippen LogP) is 6.66. The van der Waals surface area contributed by atoms with Gasteiger partial charge in [0.25, 0.3) is 5.91 Å². The number of nitrogen functional groups attached to an aromatic ring is 1. The number of aromatic nitrogens is 1. The summed E-state index contributed by atoms with van der Waals surface area (Å²) in [7, 11) is 0. The lowest BCUT2D eigenvalue weighted by Gasteiger charge is -2.13. The molecule has 0 saturated heterocycles. The zero-order chi connectivity index (χ0) is 24.9. The van der Waals surface area contributed by atoms with E-state index in [2.05, 4.69) is 10.3 Å². The van der Waals surface area contributed by atoms with Crippen molar-refractivity contribution in [3.05, 3.63) is 81.7 Å². The Morgan fingerprint density at radius 2 is 1.94 bits per heavy atom. The first kappa shape index (κ1) is 25.0.